The summed E-state index contributed by atoms with van der Waals surface area (Å²) in [5.74, 6) is 0.746. The maximum Gasteiger partial charge on any atom is 0.130 e. The highest BCUT2D eigenvalue weighted by molar-refractivity contribution is 6.30. The normalized spacial score (nSPS) is 12.9. The minimum Gasteiger partial charge on any atom is -0.487 e. The monoisotopic (exact) mass is 457 g/mol. The Labute approximate surface area is 200 Å². The molecule has 0 radical (unpaired) electrons. The summed E-state index contributed by atoms with van der Waals surface area (Å²) in [6, 6.07) is 27.6. The summed E-state index contributed by atoms with van der Waals surface area (Å²) in [7, 11) is 0. The Bertz CT molecular complexity index is 1200. The van der Waals surface area contributed by atoms with Crippen LogP contribution in [0.5, 0.6) is 5.75 Å². The van der Waals surface area contributed by atoms with Gasteiger partial charge in [-0.05, 0) is 73.2 Å². The fraction of sp³-hybridized carbons (Fsp3) is 0.207. The van der Waals surface area contributed by atoms with Crippen LogP contribution < -0.4 is 4.74 Å². The van der Waals surface area contributed by atoms with Gasteiger partial charge in [-0.25, -0.2) is 4.98 Å². The molecule has 3 aromatic carbocycles. The molecule has 3 nitrogen and oxygen atoms in total. The van der Waals surface area contributed by atoms with Crippen molar-refractivity contribution in [1.82, 2.24) is 4.98 Å². The van der Waals surface area contributed by atoms with E-state index in [0.717, 1.165) is 45.8 Å². The first-order valence-corrected chi connectivity index (χ1v) is 11.6. The van der Waals surface area contributed by atoms with E-state index >= 15 is 0 Å². The van der Waals surface area contributed by atoms with Gasteiger partial charge in [-0.2, -0.15) is 0 Å². The average molecular weight is 458 g/mol. The zero-order valence-corrected chi connectivity index (χ0v) is 19.3. The highest BCUT2D eigenvalue weighted by Crippen LogP contribution is 2.32. The number of halogens is 1. The maximum atomic E-state index is 11.4. The van der Waals surface area contributed by atoms with Gasteiger partial charge in [0.1, 0.15) is 12.4 Å². The Hall–Kier alpha value is -3.14. The lowest BCUT2D eigenvalue weighted by molar-refractivity contribution is 0.0285. The van der Waals surface area contributed by atoms with Crippen LogP contribution >= 0.6 is 11.6 Å². The van der Waals surface area contributed by atoms with Crippen LogP contribution in [0.1, 0.15) is 36.1 Å². The number of rotatable bonds is 10. The Morgan fingerprint density at radius 2 is 1.70 bits per heavy atom. The van der Waals surface area contributed by atoms with Crippen molar-refractivity contribution in [1.29, 1.82) is 0 Å². The van der Waals surface area contributed by atoms with E-state index in [1.54, 1.807) is 6.08 Å². The Balaban J connectivity index is 1.38. The third-order valence-corrected chi connectivity index (χ3v) is 6.14. The third-order valence-electron chi connectivity index (χ3n) is 5.89. The van der Waals surface area contributed by atoms with Crippen molar-refractivity contribution in [2.75, 3.05) is 0 Å². The molecule has 4 rings (SSSR count). The first-order valence-electron chi connectivity index (χ1n) is 11.2. The lowest BCUT2D eigenvalue weighted by Crippen LogP contribution is -2.25. The van der Waals surface area contributed by atoms with Crippen LogP contribution in [0, 0.1) is 0 Å². The predicted octanol–water partition coefficient (Wildman–Crippen LogP) is 7.25. The number of aromatic nitrogens is 1. The number of benzene rings is 3. The molecule has 0 aliphatic carbocycles. The van der Waals surface area contributed by atoms with Crippen molar-refractivity contribution in [2.45, 2.75) is 37.9 Å². The Kier molecular flexibility index (Phi) is 7.43. The van der Waals surface area contributed by atoms with E-state index in [1.165, 1.54) is 5.56 Å². The van der Waals surface area contributed by atoms with Gasteiger partial charge in [-0.15, -0.1) is 6.58 Å². The van der Waals surface area contributed by atoms with Crippen LogP contribution in [0.15, 0.2) is 97.6 Å². The largest absolute Gasteiger partial charge is 0.487 e. The summed E-state index contributed by atoms with van der Waals surface area (Å²) < 4.78 is 5.94. The van der Waals surface area contributed by atoms with Gasteiger partial charge in [0, 0.05) is 10.4 Å². The fourth-order valence-corrected chi connectivity index (χ4v) is 4.17. The quantitative estimate of drug-likeness (QED) is 0.255. The second-order valence-electron chi connectivity index (χ2n) is 8.31. The third kappa shape index (κ3) is 6.01. The predicted molar refractivity (Wildman–Crippen MR) is 136 cm³/mol. The highest BCUT2D eigenvalue weighted by Gasteiger charge is 2.27. The first-order chi connectivity index (χ1) is 16.1. The average Bonchev–Trinajstić information content (AvgIpc) is 2.84. The number of hydrogen-bond acceptors (Lipinski definition) is 3. The number of aryl methyl sites for hydroxylation is 1. The smallest absolute Gasteiger partial charge is 0.130 e. The second-order valence-corrected chi connectivity index (χ2v) is 8.75. The summed E-state index contributed by atoms with van der Waals surface area (Å²) in [4.78, 5) is 4.65. The molecule has 0 saturated heterocycles. The molecular weight excluding hydrogens is 430 g/mol. The van der Waals surface area contributed by atoms with E-state index in [-0.39, 0.29) is 0 Å². The molecule has 0 amide bonds. The van der Waals surface area contributed by atoms with E-state index in [1.807, 2.05) is 78.9 Å². The Morgan fingerprint density at radius 1 is 0.939 bits per heavy atom. The van der Waals surface area contributed by atoms with Crippen LogP contribution in [0.3, 0.4) is 0 Å². The topological polar surface area (TPSA) is 42.4 Å². The van der Waals surface area contributed by atoms with Crippen LogP contribution in [-0.4, -0.2) is 10.1 Å². The number of pyridine rings is 1. The summed E-state index contributed by atoms with van der Waals surface area (Å²) in [6.07, 6.45) is 4.66. The number of hydrogen-bond donors (Lipinski definition) is 1. The van der Waals surface area contributed by atoms with Crippen molar-refractivity contribution >= 4 is 22.5 Å². The van der Waals surface area contributed by atoms with Crippen LogP contribution in [0.25, 0.3) is 10.9 Å². The molecule has 1 aromatic heterocycles. The van der Waals surface area contributed by atoms with Crippen LogP contribution in [0.2, 0.25) is 5.02 Å². The molecule has 0 saturated carbocycles. The first kappa shape index (κ1) is 23.0. The minimum absolute atomic E-state index is 0.391. The van der Waals surface area contributed by atoms with Gasteiger partial charge in [0.05, 0.1) is 16.8 Å². The van der Waals surface area contributed by atoms with Crippen molar-refractivity contribution in [3.63, 3.8) is 0 Å². The molecule has 1 atom stereocenters. The molecular formula is C29H28ClNO2. The zero-order valence-electron chi connectivity index (χ0n) is 18.6. The SMILES string of the molecule is C=CCC(O)(CCCc1ccc(Cl)cc1)c1ccc(OCc2ccc3ccccc3n2)cc1. The van der Waals surface area contributed by atoms with Crippen molar-refractivity contribution < 1.29 is 9.84 Å². The number of para-hydroxylation sites is 1. The Morgan fingerprint density at radius 3 is 2.45 bits per heavy atom. The van der Waals surface area contributed by atoms with E-state index in [2.05, 4.69) is 17.6 Å². The van der Waals surface area contributed by atoms with E-state index in [4.69, 9.17) is 16.3 Å². The number of aliphatic hydroxyl groups is 1. The van der Waals surface area contributed by atoms with E-state index in [9.17, 15) is 5.11 Å². The summed E-state index contributed by atoms with van der Waals surface area (Å²) >= 11 is 5.97. The molecule has 0 bridgehead atoms. The molecule has 0 aliphatic heterocycles. The summed E-state index contributed by atoms with van der Waals surface area (Å²) in [5, 5.41) is 13.2. The molecule has 1 N–H and O–H groups in total. The zero-order chi connectivity index (χ0) is 23.1. The lowest BCUT2D eigenvalue weighted by atomic mass is 9.85. The fourth-order valence-electron chi connectivity index (χ4n) is 4.05. The molecule has 0 spiro atoms. The molecule has 0 aliphatic rings. The van der Waals surface area contributed by atoms with Gasteiger partial charge < -0.3 is 9.84 Å². The van der Waals surface area contributed by atoms with Crippen LogP contribution in [-0.2, 0) is 18.6 Å². The molecule has 1 heterocycles. The molecule has 4 aromatic rings. The minimum atomic E-state index is -0.952. The molecule has 168 valence electrons. The van der Waals surface area contributed by atoms with E-state index in [0.29, 0.717) is 19.4 Å². The van der Waals surface area contributed by atoms with Crippen LogP contribution in [0.4, 0.5) is 0 Å². The number of ether oxygens (including phenoxy) is 1. The van der Waals surface area contributed by atoms with Gasteiger partial charge >= 0.3 is 0 Å². The van der Waals surface area contributed by atoms with Crippen molar-refractivity contribution in [3.05, 3.63) is 119 Å². The van der Waals surface area contributed by atoms with Gasteiger partial charge in [0.15, 0.2) is 0 Å². The molecule has 33 heavy (non-hydrogen) atoms. The lowest BCUT2D eigenvalue weighted by Gasteiger charge is -2.28. The van der Waals surface area contributed by atoms with Crippen molar-refractivity contribution in [3.8, 4) is 5.75 Å². The van der Waals surface area contributed by atoms with Gasteiger partial charge in [0.2, 0.25) is 0 Å². The number of fused-ring (bicyclic) bond motifs is 1. The molecule has 0 fully saturated rings. The van der Waals surface area contributed by atoms with E-state index < -0.39 is 5.60 Å². The van der Waals surface area contributed by atoms with Crippen molar-refractivity contribution in [2.24, 2.45) is 0 Å². The summed E-state index contributed by atoms with van der Waals surface area (Å²) in [6.45, 7) is 4.23. The highest BCUT2D eigenvalue weighted by atomic mass is 35.5. The summed E-state index contributed by atoms with van der Waals surface area (Å²) in [5.41, 5.74) is 2.97. The van der Waals surface area contributed by atoms with Gasteiger partial charge in [0.25, 0.3) is 0 Å². The molecule has 1 unspecified atom stereocenters. The van der Waals surface area contributed by atoms with Gasteiger partial charge in [-0.3, -0.25) is 0 Å². The molecule has 4 heteroatoms. The number of nitrogens with zero attached hydrogens (tertiary/aromatic N) is 1. The second kappa shape index (κ2) is 10.7. The van der Waals surface area contributed by atoms with Gasteiger partial charge in [-0.1, -0.05) is 66.2 Å². The maximum absolute atomic E-state index is 11.4. The standard InChI is InChI=1S/C29H28ClNO2/c1-2-19-29(32,20-5-6-22-9-14-25(30)15-10-22)24-12-17-27(18-13-24)33-21-26-16-11-23-7-3-4-8-28(23)31-26/h2-4,7-18,32H,1,5-6,19-21H2.